The van der Waals surface area contributed by atoms with Gasteiger partial charge in [0, 0.05) is 17.4 Å². The minimum atomic E-state index is -2.15. The van der Waals surface area contributed by atoms with Gasteiger partial charge in [0.15, 0.2) is 28.4 Å². The Morgan fingerprint density at radius 1 is 0.889 bits per heavy atom. The van der Waals surface area contributed by atoms with Crippen LogP contribution in [0.4, 0.5) is 22.0 Å². The van der Waals surface area contributed by atoms with Gasteiger partial charge in [-0.3, -0.25) is 0 Å². The minimum absolute atomic E-state index is 0.224. The summed E-state index contributed by atoms with van der Waals surface area (Å²) in [5, 5.41) is 0.486. The third-order valence-electron chi connectivity index (χ3n) is 4.39. The molecule has 2 aromatic carbocycles. The van der Waals surface area contributed by atoms with Gasteiger partial charge in [0.2, 0.25) is 5.82 Å². The molecule has 0 spiro atoms. The van der Waals surface area contributed by atoms with Crippen LogP contribution < -0.4 is 0 Å². The fourth-order valence-corrected chi connectivity index (χ4v) is 3.91. The highest BCUT2D eigenvalue weighted by atomic mass is 32.2. The van der Waals surface area contributed by atoms with Gasteiger partial charge in [0.1, 0.15) is 0 Å². The Kier molecular flexibility index (Phi) is 4.67. The predicted octanol–water partition coefficient (Wildman–Crippen LogP) is 5.87. The Morgan fingerprint density at radius 2 is 1.48 bits per heavy atom. The van der Waals surface area contributed by atoms with E-state index in [1.165, 1.54) is 0 Å². The topological polar surface area (TPSA) is 17.8 Å². The van der Waals surface area contributed by atoms with Gasteiger partial charge in [-0.15, -0.1) is 0 Å². The maximum absolute atomic E-state index is 13.9. The summed E-state index contributed by atoms with van der Waals surface area (Å²) in [6.07, 6.45) is 3.56. The smallest absolute Gasteiger partial charge is 0.200 e. The molecule has 0 saturated heterocycles. The van der Waals surface area contributed by atoms with E-state index in [2.05, 4.69) is 4.98 Å². The average Bonchev–Trinajstić information content (AvgIpc) is 3.45. The number of hydrogen-bond acceptors (Lipinski definition) is 2. The van der Waals surface area contributed by atoms with Crippen LogP contribution in [-0.2, 0) is 5.75 Å². The van der Waals surface area contributed by atoms with Crippen LogP contribution in [0.15, 0.2) is 41.7 Å². The van der Waals surface area contributed by atoms with Crippen LogP contribution in [0.3, 0.4) is 0 Å². The second-order valence-corrected chi connectivity index (χ2v) is 7.17. The number of aromatic nitrogens is 2. The van der Waals surface area contributed by atoms with Crippen molar-refractivity contribution < 1.29 is 22.0 Å². The number of nitrogens with zero attached hydrogens (tertiary/aromatic N) is 2. The van der Waals surface area contributed by atoms with Crippen molar-refractivity contribution in [1.82, 2.24) is 9.55 Å². The van der Waals surface area contributed by atoms with Gasteiger partial charge >= 0.3 is 0 Å². The molecule has 0 unspecified atom stereocenters. The first kappa shape index (κ1) is 18.0. The minimum Gasteiger partial charge on any atom is -0.316 e. The summed E-state index contributed by atoms with van der Waals surface area (Å²) in [5.74, 6) is -10.0. The zero-order chi connectivity index (χ0) is 19.1. The van der Waals surface area contributed by atoms with Crippen molar-refractivity contribution in [3.8, 4) is 11.3 Å². The molecule has 140 valence electrons. The van der Waals surface area contributed by atoms with Crippen LogP contribution in [0, 0.1) is 29.1 Å². The van der Waals surface area contributed by atoms with E-state index in [0.717, 1.165) is 35.9 Å². The van der Waals surface area contributed by atoms with Gasteiger partial charge < -0.3 is 4.57 Å². The monoisotopic (exact) mass is 396 g/mol. The predicted molar refractivity (Wildman–Crippen MR) is 91.7 cm³/mol. The van der Waals surface area contributed by atoms with Crippen LogP contribution in [-0.4, -0.2) is 9.55 Å². The Balaban J connectivity index is 1.67. The average molecular weight is 396 g/mol. The molecule has 1 aliphatic rings. The molecule has 0 radical (unpaired) electrons. The SMILES string of the molecule is Fc1c(F)c(F)c(CSc2ncc(-c3ccccc3)n2C2CC2)c(F)c1F. The lowest BCUT2D eigenvalue weighted by Crippen LogP contribution is -2.07. The highest BCUT2D eigenvalue weighted by Crippen LogP contribution is 2.42. The molecular weight excluding hydrogens is 383 g/mol. The number of benzene rings is 2. The molecule has 8 heteroatoms. The second-order valence-electron chi connectivity index (χ2n) is 6.23. The second kappa shape index (κ2) is 6.99. The van der Waals surface area contributed by atoms with Gasteiger partial charge in [-0.05, 0) is 18.4 Å². The summed E-state index contributed by atoms with van der Waals surface area (Å²) in [5.41, 5.74) is 0.959. The molecule has 27 heavy (non-hydrogen) atoms. The first-order chi connectivity index (χ1) is 13.0. The van der Waals surface area contributed by atoms with E-state index < -0.39 is 40.4 Å². The van der Waals surface area contributed by atoms with E-state index in [1.54, 1.807) is 6.20 Å². The molecule has 4 rings (SSSR count). The Hall–Kier alpha value is -2.35. The third kappa shape index (κ3) is 3.22. The number of halogens is 5. The zero-order valence-corrected chi connectivity index (χ0v) is 14.7. The van der Waals surface area contributed by atoms with Crippen molar-refractivity contribution in [2.24, 2.45) is 0 Å². The van der Waals surface area contributed by atoms with E-state index in [1.807, 2.05) is 34.9 Å². The van der Waals surface area contributed by atoms with E-state index in [-0.39, 0.29) is 6.04 Å². The number of hydrogen-bond donors (Lipinski definition) is 0. The van der Waals surface area contributed by atoms with Crippen LogP contribution in [0.5, 0.6) is 0 Å². The first-order valence-corrected chi connectivity index (χ1v) is 9.23. The highest BCUT2D eigenvalue weighted by molar-refractivity contribution is 7.98. The van der Waals surface area contributed by atoms with E-state index in [0.29, 0.717) is 5.16 Å². The summed E-state index contributed by atoms with van der Waals surface area (Å²) in [4.78, 5) is 4.31. The van der Waals surface area contributed by atoms with E-state index in [9.17, 15) is 22.0 Å². The van der Waals surface area contributed by atoms with Crippen molar-refractivity contribution in [2.75, 3.05) is 0 Å². The van der Waals surface area contributed by atoms with Crippen molar-refractivity contribution in [3.05, 3.63) is 71.2 Å². The summed E-state index contributed by atoms with van der Waals surface area (Å²) in [7, 11) is 0. The third-order valence-corrected chi connectivity index (χ3v) is 5.38. The lowest BCUT2D eigenvalue weighted by molar-refractivity contribution is 0.372. The van der Waals surface area contributed by atoms with Crippen molar-refractivity contribution in [2.45, 2.75) is 29.8 Å². The molecule has 1 saturated carbocycles. The molecule has 0 aliphatic heterocycles. The van der Waals surface area contributed by atoms with Gasteiger partial charge in [-0.1, -0.05) is 42.1 Å². The van der Waals surface area contributed by atoms with Crippen molar-refractivity contribution in [3.63, 3.8) is 0 Å². The summed E-state index contributed by atoms with van der Waals surface area (Å²) < 4.78 is 69.7. The molecule has 3 aromatic rings. The van der Waals surface area contributed by atoms with Crippen LogP contribution >= 0.6 is 11.8 Å². The standard InChI is InChI=1S/C19H13F5N2S/c20-14-12(15(21)17(23)18(24)16(14)22)9-27-19-25-8-13(26(19)11-6-7-11)10-4-2-1-3-5-10/h1-5,8,11H,6-7,9H2. The highest BCUT2D eigenvalue weighted by Gasteiger charge is 2.30. The lowest BCUT2D eigenvalue weighted by atomic mass is 10.2. The van der Waals surface area contributed by atoms with Gasteiger partial charge in [0.25, 0.3) is 0 Å². The molecule has 2 nitrogen and oxygen atoms in total. The first-order valence-electron chi connectivity index (χ1n) is 8.24. The lowest BCUT2D eigenvalue weighted by Gasteiger charge is -2.12. The molecule has 0 bridgehead atoms. The number of thioether (sulfide) groups is 1. The number of rotatable bonds is 5. The van der Waals surface area contributed by atoms with Gasteiger partial charge in [0.05, 0.1) is 11.9 Å². The summed E-state index contributed by atoms with van der Waals surface area (Å²) in [6, 6.07) is 9.74. The largest absolute Gasteiger partial charge is 0.316 e. The van der Waals surface area contributed by atoms with Crippen molar-refractivity contribution in [1.29, 1.82) is 0 Å². The van der Waals surface area contributed by atoms with Crippen LogP contribution in [0.25, 0.3) is 11.3 Å². The van der Waals surface area contributed by atoms with E-state index >= 15 is 0 Å². The van der Waals surface area contributed by atoms with Gasteiger partial charge in [-0.25, -0.2) is 26.9 Å². The van der Waals surface area contributed by atoms with E-state index in [4.69, 9.17) is 0 Å². The fourth-order valence-electron chi connectivity index (χ4n) is 2.87. The molecule has 0 atom stereocenters. The molecule has 1 aliphatic carbocycles. The molecule has 1 heterocycles. The number of imidazole rings is 1. The summed E-state index contributed by atoms with van der Waals surface area (Å²) >= 11 is 0.952. The molecule has 1 fully saturated rings. The fraction of sp³-hybridized carbons (Fsp3) is 0.211. The maximum atomic E-state index is 13.9. The molecule has 0 amide bonds. The molecular formula is C19H13F5N2S. The quantitative estimate of drug-likeness (QED) is 0.232. The van der Waals surface area contributed by atoms with Crippen LogP contribution in [0.1, 0.15) is 24.4 Å². The normalized spacial score (nSPS) is 14.0. The molecule has 0 N–H and O–H groups in total. The Labute approximate surface area is 156 Å². The Bertz CT molecular complexity index is 970. The van der Waals surface area contributed by atoms with Crippen LogP contribution in [0.2, 0.25) is 0 Å². The Morgan fingerprint density at radius 3 is 2.07 bits per heavy atom. The summed E-state index contributed by atoms with van der Waals surface area (Å²) in [6.45, 7) is 0. The molecule has 1 aromatic heterocycles. The van der Waals surface area contributed by atoms with Crippen molar-refractivity contribution >= 4 is 11.8 Å². The zero-order valence-electron chi connectivity index (χ0n) is 13.9. The maximum Gasteiger partial charge on any atom is 0.200 e. The van der Waals surface area contributed by atoms with Gasteiger partial charge in [-0.2, -0.15) is 0 Å².